The van der Waals surface area contributed by atoms with E-state index < -0.39 is 5.91 Å². The molecule has 3 N–H and O–H groups in total. The summed E-state index contributed by atoms with van der Waals surface area (Å²) in [5.74, 6) is -0.226. The molecule has 21 heavy (non-hydrogen) atoms. The standard InChI is InChI=1S/C17H18N2O2/c1-10-15-13(7-2-3-8-14(15)20)16(19-10)11-5-4-6-12(9-11)17(18)21/h4-6,9,19H,2-3,7-8H2,1H3,(H2,18,21). The summed E-state index contributed by atoms with van der Waals surface area (Å²) in [6, 6.07) is 7.23. The van der Waals surface area contributed by atoms with Crippen molar-refractivity contribution in [3.8, 4) is 11.3 Å². The smallest absolute Gasteiger partial charge is 0.248 e. The van der Waals surface area contributed by atoms with E-state index in [1.165, 1.54) is 0 Å². The van der Waals surface area contributed by atoms with Crippen LogP contribution in [0.15, 0.2) is 24.3 Å². The normalized spacial score (nSPS) is 14.6. The fraction of sp³-hybridized carbons (Fsp3) is 0.294. The molecule has 1 aliphatic rings. The van der Waals surface area contributed by atoms with Crippen LogP contribution < -0.4 is 5.73 Å². The van der Waals surface area contributed by atoms with E-state index in [1.807, 2.05) is 19.1 Å². The maximum Gasteiger partial charge on any atom is 0.248 e. The van der Waals surface area contributed by atoms with E-state index in [0.29, 0.717) is 12.0 Å². The van der Waals surface area contributed by atoms with Crippen molar-refractivity contribution in [1.82, 2.24) is 4.98 Å². The van der Waals surface area contributed by atoms with Gasteiger partial charge in [-0.05, 0) is 49.4 Å². The highest BCUT2D eigenvalue weighted by molar-refractivity contribution is 6.01. The molecule has 0 atom stereocenters. The molecule has 1 heterocycles. The summed E-state index contributed by atoms with van der Waals surface area (Å²) in [4.78, 5) is 26.9. The quantitative estimate of drug-likeness (QED) is 0.831. The number of fused-ring (bicyclic) bond motifs is 1. The first kappa shape index (κ1) is 13.6. The van der Waals surface area contributed by atoms with Gasteiger partial charge >= 0.3 is 0 Å². The Labute approximate surface area is 123 Å². The van der Waals surface area contributed by atoms with Crippen LogP contribution in [-0.4, -0.2) is 16.7 Å². The van der Waals surface area contributed by atoms with Crippen LogP contribution in [0.2, 0.25) is 0 Å². The zero-order valence-corrected chi connectivity index (χ0v) is 12.0. The second-order valence-electron chi connectivity index (χ2n) is 5.55. The first-order valence-electron chi connectivity index (χ1n) is 7.23. The summed E-state index contributed by atoms with van der Waals surface area (Å²) < 4.78 is 0. The molecule has 1 aromatic heterocycles. The van der Waals surface area contributed by atoms with Crippen LogP contribution in [0.3, 0.4) is 0 Å². The molecule has 1 aliphatic carbocycles. The third kappa shape index (κ3) is 2.37. The van der Waals surface area contributed by atoms with Crippen LogP contribution in [0.25, 0.3) is 11.3 Å². The van der Waals surface area contributed by atoms with Crippen molar-refractivity contribution in [3.05, 3.63) is 46.6 Å². The lowest BCUT2D eigenvalue weighted by atomic mass is 9.98. The third-order valence-electron chi connectivity index (χ3n) is 4.09. The Morgan fingerprint density at radius 1 is 1.24 bits per heavy atom. The van der Waals surface area contributed by atoms with Crippen molar-refractivity contribution in [2.45, 2.75) is 32.6 Å². The number of hydrogen-bond acceptors (Lipinski definition) is 2. The molecule has 4 heteroatoms. The summed E-state index contributed by atoms with van der Waals surface area (Å²) in [6.45, 7) is 1.93. The van der Waals surface area contributed by atoms with Crippen LogP contribution in [0, 0.1) is 6.92 Å². The Morgan fingerprint density at radius 3 is 2.76 bits per heavy atom. The van der Waals surface area contributed by atoms with Crippen LogP contribution >= 0.6 is 0 Å². The number of hydrogen-bond donors (Lipinski definition) is 2. The van der Waals surface area contributed by atoms with Gasteiger partial charge in [0.15, 0.2) is 5.78 Å². The van der Waals surface area contributed by atoms with Gasteiger partial charge in [0.25, 0.3) is 0 Å². The number of amides is 1. The summed E-state index contributed by atoms with van der Waals surface area (Å²) >= 11 is 0. The minimum Gasteiger partial charge on any atom is -0.366 e. The summed E-state index contributed by atoms with van der Waals surface area (Å²) in [5, 5.41) is 0. The number of primary amides is 1. The van der Waals surface area contributed by atoms with Crippen molar-refractivity contribution >= 4 is 11.7 Å². The van der Waals surface area contributed by atoms with E-state index in [2.05, 4.69) is 4.98 Å². The molecular formula is C17H18N2O2. The number of aryl methyl sites for hydroxylation is 1. The van der Waals surface area contributed by atoms with E-state index in [-0.39, 0.29) is 5.78 Å². The molecule has 0 radical (unpaired) electrons. The Hall–Kier alpha value is -2.36. The van der Waals surface area contributed by atoms with E-state index in [0.717, 1.165) is 47.3 Å². The second kappa shape index (κ2) is 5.20. The van der Waals surface area contributed by atoms with Crippen LogP contribution in [-0.2, 0) is 6.42 Å². The lowest BCUT2D eigenvalue weighted by Crippen LogP contribution is -2.10. The van der Waals surface area contributed by atoms with Gasteiger partial charge in [-0.2, -0.15) is 0 Å². The van der Waals surface area contributed by atoms with Gasteiger partial charge in [-0.25, -0.2) is 0 Å². The lowest BCUT2D eigenvalue weighted by molar-refractivity contribution is 0.0978. The number of nitrogens with one attached hydrogen (secondary N) is 1. The first-order chi connectivity index (χ1) is 10.1. The van der Waals surface area contributed by atoms with E-state index in [1.54, 1.807) is 12.1 Å². The van der Waals surface area contributed by atoms with E-state index in [9.17, 15) is 9.59 Å². The largest absolute Gasteiger partial charge is 0.366 e. The predicted octanol–water partition coefficient (Wildman–Crippen LogP) is 3.00. The van der Waals surface area contributed by atoms with Gasteiger partial charge in [0, 0.05) is 28.9 Å². The molecule has 0 saturated heterocycles. The summed E-state index contributed by atoms with van der Waals surface area (Å²) in [7, 11) is 0. The van der Waals surface area contributed by atoms with E-state index >= 15 is 0 Å². The number of aromatic nitrogens is 1. The average molecular weight is 282 g/mol. The van der Waals surface area contributed by atoms with Gasteiger partial charge in [-0.1, -0.05) is 12.1 Å². The highest BCUT2D eigenvalue weighted by Crippen LogP contribution is 2.33. The minimum absolute atomic E-state index is 0.216. The molecule has 2 aromatic rings. The summed E-state index contributed by atoms with van der Waals surface area (Å²) in [5.41, 5.74) is 10.5. The Balaban J connectivity index is 2.16. The number of ketones is 1. The number of benzene rings is 1. The monoisotopic (exact) mass is 282 g/mol. The third-order valence-corrected chi connectivity index (χ3v) is 4.09. The van der Waals surface area contributed by atoms with Crippen LogP contribution in [0.5, 0.6) is 0 Å². The molecule has 0 bridgehead atoms. The highest BCUT2D eigenvalue weighted by atomic mass is 16.1. The zero-order valence-electron chi connectivity index (χ0n) is 12.0. The number of carbonyl (C=O) groups is 2. The number of nitrogens with two attached hydrogens (primary N) is 1. The van der Waals surface area contributed by atoms with Gasteiger partial charge in [-0.15, -0.1) is 0 Å². The molecule has 0 saturated carbocycles. The number of carbonyl (C=O) groups excluding carboxylic acids is 2. The zero-order chi connectivity index (χ0) is 15.0. The molecule has 3 rings (SSSR count). The van der Waals surface area contributed by atoms with Gasteiger partial charge in [-0.3, -0.25) is 9.59 Å². The molecule has 0 fully saturated rings. The number of rotatable bonds is 2. The SMILES string of the molecule is Cc1[nH]c(-c2cccc(C(N)=O)c2)c2c1C(=O)CCCC2. The van der Waals surface area contributed by atoms with Crippen LogP contribution in [0.4, 0.5) is 0 Å². The van der Waals surface area contributed by atoms with E-state index in [4.69, 9.17) is 5.73 Å². The van der Waals surface area contributed by atoms with Gasteiger partial charge in [0.05, 0.1) is 0 Å². The van der Waals surface area contributed by atoms with Gasteiger partial charge in [0.1, 0.15) is 0 Å². The summed E-state index contributed by atoms with van der Waals surface area (Å²) in [6.07, 6.45) is 3.46. The fourth-order valence-electron chi connectivity index (χ4n) is 3.09. The fourth-order valence-corrected chi connectivity index (χ4v) is 3.09. The molecular weight excluding hydrogens is 264 g/mol. The number of aromatic amines is 1. The Morgan fingerprint density at radius 2 is 2.00 bits per heavy atom. The molecule has 108 valence electrons. The molecule has 0 unspecified atom stereocenters. The van der Waals surface area contributed by atoms with Gasteiger partial charge in [0.2, 0.25) is 5.91 Å². The molecule has 4 nitrogen and oxygen atoms in total. The second-order valence-corrected chi connectivity index (χ2v) is 5.55. The Bertz CT molecular complexity index is 728. The Kier molecular flexibility index (Phi) is 3.37. The first-order valence-corrected chi connectivity index (χ1v) is 7.23. The number of Topliss-reactive ketones (excluding diaryl/α,β-unsaturated/α-hetero) is 1. The van der Waals surface area contributed by atoms with Crippen LogP contribution in [0.1, 0.15) is 51.2 Å². The van der Waals surface area contributed by atoms with Crippen molar-refractivity contribution in [2.75, 3.05) is 0 Å². The van der Waals surface area contributed by atoms with Crippen molar-refractivity contribution in [1.29, 1.82) is 0 Å². The highest BCUT2D eigenvalue weighted by Gasteiger charge is 2.23. The molecule has 1 aromatic carbocycles. The lowest BCUT2D eigenvalue weighted by Gasteiger charge is -2.05. The topological polar surface area (TPSA) is 76.0 Å². The maximum atomic E-state index is 12.3. The maximum absolute atomic E-state index is 12.3. The van der Waals surface area contributed by atoms with Gasteiger partial charge < -0.3 is 10.7 Å². The molecule has 0 aliphatic heterocycles. The molecule has 1 amide bonds. The molecule has 0 spiro atoms. The predicted molar refractivity (Wildman–Crippen MR) is 81.4 cm³/mol. The minimum atomic E-state index is -0.442. The number of H-pyrrole nitrogens is 1. The van der Waals surface area contributed by atoms with Crippen molar-refractivity contribution in [2.24, 2.45) is 5.73 Å². The average Bonchev–Trinajstić information content (AvgIpc) is 2.67. The van der Waals surface area contributed by atoms with Crippen molar-refractivity contribution in [3.63, 3.8) is 0 Å². The van der Waals surface area contributed by atoms with Crippen molar-refractivity contribution < 1.29 is 9.59 Å².